The van der Waals surface area contributed by atoms with E-state index in [2.05, 4.69) is 17.3 Å². The minimum absolute atomic E-state index is 0.323. The number of hydrogen-bond acceptors (Lipinski definition) is 3. The van der Waals surface area contributed by atoms with Crippen LogP contribution in [0.1, 0.15) is 57.1 Å². The number of aryl methyl sites for hydroxylation is 1. The van der Waals surface area contributed by atoms with E-state index in [0.717, 1.165) is 31.4 Å². The number of carboxylic acid groups (broad SMARTS) is 1. The summed E-state index contributed by atoms with van der Waals surface area (Å²) >= 11 is 0. The van der Waals surface area contributed by atoms with E-state index >= 15 is 0 Å². The summed E-state index contributed by atoms with van der Waals surface area (Å²) in [5.74, 6) is -0.818. The van der Waals surface area contributed by atoms with Crippen molar-refractivity contribution < 1.29 is 9.90 Å². The molecule has 0 radical (unpaired) electrons. The monoisotopic (exact) mass is 265 g/mol. The van der Waals surface area contributed by atoms with Crippen molar-refractivity contribution in [2.45, 2.75) is 64.1 Å². The summed E-state index contributed by atoms with van der Waals surface area (Å²) < 4.78 is 1.81. The van der Waals surface area contributed by atoms with E-state index in [1.54, 1.807) is 6.20 Å². The summed E-state index contributed by atoms with van der Waals surface area (Å²) in [7, 11) is 0. The molecule has 5 nitrogen and oxygen atoms in total. The molecule has 0 aromatic carbocycles. The van der Waals surface area contributed by atoms with Gasteiger partial charge in [-0.15, -0.1) is 0 Å². The largest absolute Gasteiger partial charge is 0.480 e. The van der Waals surface area contributed by atoms with E-state index in [0.29, 0.717) is 6.04 Å². The van der Waals surface area contributed by atoms with Gasteiger partial charge in [0.25, 0.3) is 0 Å². The molecule has 1 aliphatic rings. The maximum absolute atomic E-state index is 11.4. The average Bonchev–Trinajstić information content (AvgIpc) is 2.85. The molecule has 2 rings (SSSR count). The van der Waals surface area contributed by atoms with Gasteiger partial charge in [-0.25, -0.2) is 0 Å². The van der Waals surface area contributed by atoms with Gasteiger partial charge in [0, 0.05) is 24.3 Å². The van der Waals surface area contributed by atoms with E-state index in [-0.39, 0.29) is 0 Å². The van der Waals surface area contributed by atoms with E-state index in [1.807, 2.05) is 10.9 Å². The fourth-order valence-corrected chi connectivity index (χ4v) is 2.70. The van der Waals surface area contributed by atoms with Crippen LogP contribution in [-0.4, -0.2) is 26.9 Å². The number of hydrogen-bond donors (Lipinski definition) is 2. The topological polar surface area (TPSA) is 67.2 Å². The van der Waals surface area contributed by atoms with Gasteiger partial charge >= 0.3 is 5.97 Å². The minimum atomic E-state index is -0.818. The zero-order valence-electron chi connectivity index (χ0n) is 11.5. The molecular weight excluding hydrogens is 242 g/mol. The van der Waals surface area contributed by atoms with Crippen LogP contribution in [0.3, 0.4) is 0 Å². The first-order valence-electron chi connectivity index (χ1n) is 7.22. The summed E-state index contributed by atoms with van der Waals surface area (Å²) in [4.78, 5) is 11.4. The molecule has 1 heterocycles. The van der Waals surface area contributed by atoms with Crippen LogP contribution in [0, 0.1) is 0 Å². The minimum Gasteiger partial charge on any atom is -0.480 e. The van der Waals surface area contributed by atoms with Crippen molar-refractivity contribution in [3.63, 3.8) is 0 Å². The smallest absolute Gasteiger partial charge is 0.325 e. The molecule has 19 heavy (non-hydrogen) atoms. The molecule has 0 aliphatic heterocycles. The Bertz CT molecular complexity index is 411. The lowest BCUT2D eigenvalue weighted by Crippen LogP contribution is -2.38. The van der Waals surface area contributed by atoms with Crippen LogP contribution in [0.15, 0.2) is 12.4 Å². The molecule has 1 unspecified atom stereocenters. The average molecular weight is 265 g/mol. The van der Waals surface area contributed by atoms with Gasteiger partial charge in [-0.3, -0.25) is 14.8 Å². The molecule has 0 amide bonds. The Kier molecular flexibility index (Phi) is 4.96. The molecule has 2 N–H and O–H groups in total. The fraction of sp³-hybridized carbons (Fsp3) is 0.714. The van der Waals surface area contributed by atoms with Crippen LogP contribution in [0.25, 0.3) is 0 Å². The molecule has 1 atom stereocenters. The van der Waals surface area contributed by atoms with E-state index in [4.69, 9.17) is 0 Å². The highest BCUT2D eigenvalue weighted by atomic mass is 16.4. The van der Waals surface area contributed by atoms with Crippen LogP contribution in [0.5, 0.6) is 0 Å². The summed E-state index contributed by atoms with van der Waals surface area (Å²) in [6, 6.07) is -0.307. The highest BCUT2D eigenvalue weighted by Crippen LogP contribution is 2.21. The molecule has 1 aromatic heterocycles. The van der Waals surface area contributed by atoms with Gasteiger partial charge in [-0.05, 0) is 19.3 Å². The first-order valence-corrected chi connectivity index (χ1v) is 7.22. The van der Waals surface area contributed by atoms with Gasteiger partial charge in [-0.2, -0.15) is 5.10 Å². The first kappa shape index (κ1) is 14.1. The summed E-state index contributed by atoms with van der Waals surface area (Å²) in [6.45, 7) is 2.91. The maximum Gasteiger partial charge on any atom is 0.325 e. The van der Waals surface area contributed by atoms with Gasteiger partial charge in [-0.1, -0.05) is 26.2 Å². The summed E-state index contributed by atoms with van der Waals surface area (Å²) in [5.41, 5.74) is 0.756. The molecule has 1 saturated carbocycles. The van der Waals surface area contributed by atoms with Crippen molar-refractivity contribution in [3.05, 3.63) is 18.0 Å². The first-order chi connectivity index (χ1) is 9.20. The number of rotatable bonds is 6. The Balaban J connectivity index is 2.03. The number of carboxylic acids is 1. The van der Waals surface area contributed by atoms with Crippen molar-refractivity contribution in [1.82, 2.24) is 15.1 Å². The van der Waals surface area contributed by atoms with Gasteiger partial charge in [0.15, 0.2) is 0 Å². The third kappa shape index (κ3) is 3.80. The van der Waals surface area contributed by atoms with Gasteiger partial charge in [0.05, 0.1) is 6.20 Å². The normalized spacial score (nSPS) is 18.4. The predicted octanol–water partition coefficient (Wildman–Crippen LogP) is 2.34. The second kappa shape index (κ2) is 6.70. The second-order valence-electron chi connectivity index (χ2n) is 5.31. The SMILES string of the molecule is CCCn1cc(C(NC2CCCCC2)C(=O)O)cn1. The molecule has 5 heteroatoms. The van der Waals surface area contributed by atoms with Gasteiger partial charge in [0.1, 0.15) is 6.04 Å². The standard InChI is InChI=1S/C14H23N3O2/c1-2-8-17-10-11(9-15-17)13(14(18)19)16-12-6-4-3-5-7-12/h9-10,12-13,16H,2-8H2,1H3,(H,18,19). The Morgan fingerprint density at radius 3 is 2.89 bits per heavy atom. The molecule has 0 saturated heterocycles. The summed E-state index contributed by atoms with van der Waals surface area (Å²) in [6.07, 6.45) is 10.3. The molecule has 1 fully saturated rings. The highest BCUT2D eigenvalue weighted by Gasteiger charge is 2.25. The second-order valence-corrected chi connectivity index (χ2v) is 5.31. The molecule has 0 spiro atoms. The van der Waals surface area contributed by atoms with Gasteiger partial charge < -0.3 is 5.11 Å². The van der Waals surface area contributed by atoms with E-state index in [9.17, 15) is 9.90 Å². The van der Waals surface area contributed by atoms with Crippen molar-refractivity contribution in [2.75, 3.05) is 0 Å². The predicted molar refractivity (Wildman–Crippen MR) is 72.9 cm³/mol. The van der Waals surface area contributed by atoms with E-state index < -0.39 is 12.0 Å². The van der Waals surface area contributed by atoms with Crippen LogP contribution >= 0.6 is 0 Å². The molecule has 106 valence electrons. The van der Waals surface area contributed by atoms with Crippen LogP contribution in [0.2, 0.25) is 0 Å². The number of nitrogens with zero attached hydrogens (tertiary/aromatic N) is 2. The van der Waals surface area contributed by atoms with Crippen LogP contribution in [-0.2, 0) is 11.3 Å². The zero-order chi connectivity index (χ0) is 13.7. The third-order valence-electron chi connectivity index (χ3n) is 3.69. The Morgan fingerprint density at radius 1 is 1.53 bits per heavy atom. The van der Waals surface area contributed by atoms with Gasteiger partial charge in [0.2, 0.25) is 0 Å². The fourth-order valence-electron chi connectivity index (χ4n) is 2.70. The van der Waals surface area contributed by atoms with Crippen molar-refractivity contribution in [2.24, 2.45) is 0 Å². The van der Waals surface area contributed by atoms with Crippen LogP contribution < -0.4 is 5.32 Å². The van der Waals surface area contributed by atoms with E-state index in [1.165, 1.54) is 19.3 Å². The van der Waals surface area contributed by atoms with Crippen molar-refractivity contribution >= 4 is 5.97 Å². The molecule has 0 bridgehead atoms. The number of aromatic nitrogens is 2. The third-order valence-corrected chi connectivity index (χ3v) is 3.69. The zero-order valence-corrected chi connectivity index (χ0v) is 11.5. The molecule has 1 aromatic rings. The number of nitrogens with one attached hydrogen (secondary N) is 1. The Labute approximate surface area is 114 Å². The lowest BCUT2D eigenvalue weighted by Gasteiger charge is -2.26. The lowest BCUT2D eigenvalue weighted by atomic mass is 9.94. The molecular formula is C14H23N3O2. The lowest BCUT2D eigenvalue weighted by molar-refractivity contribution is -0.140. The number of aliphatic carboxylic acids is 1. The Hall–Kier alpha value is -1.36. The highest BCUT2D eigenvalue weighted by molar-refractivity contribution is 5.75. The van der Waals surface area contributed by atoms with Crippen LogP contribution in [0.4, 0.5) is 0 Å². The van der Waals surface area contributed by atoms with Crippen molar-refractivity contribution in [3.8, 4) is 0 Å². The Morgan fingerprint density at radius 2 is 2.26 bits per heavy atom. The molecule has 1 aliphatic carbocycles. The van der Waals surface area contributed by atoms with Crippen molar-refractivity contribution in [1.29, 1.82) is 0 Å². The summed E-state index contributed by atoms with van der Waals surface area (Å²) in [5, 5.41) is 16.9. The maximum atomic E-state index is 11.4. The quantitative estimate of drug-likeness (QED) is 0.828. The number of carbonyl (C=O) groups is 1.